The van der Waals surface area contributed by atoms with E-state index in [1.807, 2.05) is 30.5 Å². The molecule has 1 aromatic carbocycles. The SMILES string of the molecule is C=CCc1cnc(NCc2ccc(OC)cc2OC)c2cn[nH]c12. The van der Waals surface area contributed by atoms with Crippen molar-refractivity contribution in [3.63, 3.8) is 0 Å². The van der Waals surface area contributed by atoms with Crippen molar-refractivity contribution in [1.82, 2.24) is 15.2 Å². The summed E-state index contributed by atoms with van der Waals surface area (Å²) >= 11 is 0. The maximum absolute atomic E-state index is 5.43. The van der Waals surface area contributed by atoms with Crippen molar-refractivity contribution < 1.29 is 9.47 Å². The van der Waals surface area contributed by atoms with E-state index in [9.17, 15) is 0 Å². The number of allylic oxidation sites excluding steroid dienone is 1. The summed E-state index contributed by atoms with van der Waals surface area (Å²) in [5, 5.41) is 11.5. The van der Waals surface area contributed by atoms with Crippen LogP contribution in [-0.2, 0) is 13.0 Å². The summed E-state index contributed by atoms with van der Waals surface area (Å²) in [4.78, 5) is 4.52. The first-order valence-electron chi connectivity index (χ1n) is 7.63. The molecule has 0 saturated carbocycles. The van der Waals surface area contributed by atoms with Crippen molar-refractivity contribution in [2.24, 2.45) is 0 Å². The molecule has 0 spiro atoms. The first-order chi connectivity index (χ1) is 11.8. The van der Waals surface area contributed by atoms with E-state index in [0.717, 1.165) is 45.8 Å². The first-order valence-corrected chi connectivity index (χ1v) is 7.63. The van der Waals surface area contributed by atoms with Crippen molar-refractivity contribution in [2.45, 2.75) is 13.0 Å². The number of benzene rings is 1. The number of ether oxygens (including phenoxy) is 2. The number of aromatic amines is 1. The lowest BCUT2D eigenvalue weighted by Gasteiger charge is -2.12. The number of hydrogen-bond acceptors (Lipinski definition) is 5. The van der Waals surface area contributed by atoms with Gasteiger partial charge in [-0.25, -0.2) is 4.98 Å². The van der Waals surface area contributed by atoms with Crippen LogP contribution in [0.5, 0.6) is 11.5 Å². The second-order valence-electron chi connectivity index (χ2n) is 5.31. The van der Waals surface area contributed by atoms with Gasteiger partial charge in [-0.05, 0) is 18.6 Å². The van der Waals surface area contributed by atoms with Crippen molar-refractivity contribution in [3.8, 4) is 11.5 Å². The Kier molecular flexibility index (Phi) is 4.65. The molecule has 0 aliphatic carbocycles. The zero-order chi connectivity index (χ0) is 16.9. The summed E-state index contributed by atoms with van der Waals surface area (Å²) in [7, 11) is 3.28. The number of rotatable bonds is 7. The molecule has 6 heteroatoms. The fraction of sp³-hybridized carbons (Fsp3) is 0.222. The topological polar surface area (TPSA) is 72.1 Å². The van der Waals surface area contributed by atoms with Gasteiger partial charge in [0.05, 0.1) is 31.3 Å². The van der Waals surface area contributed by atoms with Crippen LogP contribution in [0.4, 0.5) is 5.82 Å². The highest BCUT2D eigenvalue weighted by Gasteiger charge is 2.10. The summed E-state index contributed by atoms with van der Waals surface area (Å²) in [5.74, 6) is 2.32. The smallest absolute Gasteiger partial charge is 0.137 e. The molecule has 0 aliphatic rings. The molecule has 2 N–H and O–H groups in total. The molecule has 0 unspecified atom stereocenters. The molecule has 3 rings (SSSR count). The van der Waals surface area contributed by atoms with Crippen LogP contribution in [0.1, 0.15) is 11.1 Å². The average Bonchev–Trinajstić information content (AvgIpc) is 3.11. The molecule has 0 aliphatic heterocycles. The summed E-state index contributed by atoms with van der Waals surface area (Å²) in [6.45, 7) is 4.36. The van der Waals surface area contributed by atoms with Gasteiger partial charge in [0, 0.05) is 29.9 Å². The molecule has 2 heterocycles. The van der Waals surface area contributed by atoms with Gasteiger partial charge in [0.25, 0.3) is 0 Å². The quantitative estimate of drug-likeness (QED) is 0.652. The minimum absolute atomic E-state index is 0.585. The third-order valence-corrected chi connectivity index (χ3v) is 3.87. The van der Waals surface area contributed by atoms with Crippen molar-refractivity contribution in [3.05, 3.63) is 54.4 Å². The van der Waals surface area contributed by atoms with Gasteiger partial charge >= 0.3 is 0 Å². The second kappa shape index (κ2) is 7.04. The van der Waals surface area contributed by atoms with Gasteiger partial charge in [-0.3, -0.25) is 5.10 Å². The van der Waals surface area contributed by atoms with Gasteiger partial charge in [0.2, 0.25) is 0 Å². The monoisotopic (exact) mass is 324 g/mol. The van der Waals surface area contributed by atoms with E-state index in [-0.39, 0.29) is 0 Å². The summed E-state index contributed by atoms with van der Waals surface area (Å²) in [6, 6.07) is 5.75. The largest absolute Gasteiger partial charge is 0.497 e. The molecule has 0 fully saturated rings. The normalized spacial score (nSPS) is 10.6. The predicted octanol–water partition coefficient (Wildman–Crippen LogP) is 3.32. The van der Waals surface area contributed by atoms with E-state index in [1.54, 1.807) is 20.4 Å². The molecular formula is C18H20N4O2. The lowest BCUT2D eigenvalue weighted by atomic mass is 10.1. The first kappa shape index (κ1) is 15.9. The summed E-state index contributed by atoms with van der Waals surface area (Å²) in [5.41, 5.74) is 3.08. The molecule has 2 aromatic heterocycles. The number of nitrogens with zero attached hydrogens (tertiary/aromatic N) is 2. The predicted molar refractivity (Wildman–Crippen MR) is 94.7 cm³/mol. The van der Waals surface area contributed by atoms with Gasteiger partial charge in [0.15, 0.2) is 0 Å². The molecule has 0 atom stereocenters. The van der Waals surface area contributed by atoms with Crippen LogP contribution in [0.2, 0.25) is 0 Å². The number of nitrogens with one attached hydrogen (secondary N) is 2. The number of aromatic nitrogens is 3. The Hall–Kier alpha value is -3.02. The Balaban J connectivity index is 1.85. The zero-order valence-electron chi connectivity index (χ0n) is 13.8. The van der Waals surface area contributed by atoms with Gasteiger partial charge in [-0.1, -0.05) is 6.08 Å². The Morgan fingerprint density at radius 1 is 1.21 bits per heavy atom. The molecule has 124 valence electrons. The Bertz CT molecular complexity index is 857. The number of fused-ring (bicyclic) bond motifs is 1. The number of anilines is 1. The summed E-state index contributed by atoms with van der Waals surface area (Å²) in [6.07, 6.45) is 6.23. The average molecular weight is 324 g/mol. The fourth-order valence-corrected chi connectivity index (χ4v) is 2.62. The standard InChI is InChI=1S/C18H20N4O2/c1-4-5-13-10-20-18(15-11-21-22-17(13)15)19-9-12-6-7-14(23-2)8-16(12)24-3/h4,6-8,10-11H,1,5,9H2,2-3H3,(H,19,20)(H,21,22). The molecule has 0 saturated heterocycles. The van der Waals surface area contributed by atoms with E-state index in [4.69, 9.17) is 9.47 Å². The molecule has 0 amide bonds. The maximum Gasteiger partial charge on any atom is 0.137 e. The lowest BCUT2D eigenvalue weighted by molar-refractivity contribution is 0.391. The van der Waals surface area contributed by atoms with E-state index < -0.39 is 0 Å². The Morgan fingerprint density at radius 2 is 2.08 bits per heavy atom. The molecule has 6 nitrogen and oxygen atoms in total. The second-order valence-corrected chi connectivity index (χ2v) is 5.31. The molecule has 0 radical (unpaired) electrons. The van der Waals surface area contributed by atoms with Crippen LogP contribution >= 0.6 is 0 Å². The van der Waals surface area contributed by atoms with Gasteiger partial charge < -0.3 is 14.8 Å². The highest BCUT2D eigenvalue weighted by atomic mass is 16.5. The maximum atomic E-state index is 5.43. The zero-order valence-corrected chi connectivity index (χ0v) is 13.8. The van der Waals surface area contributed by atoms with Crippen molar-refractivity contribution >= 4 is 16.7 Å². The summed E-state index contributed by atoms with van der Waals surface area (Å²) < 4.78 is 10.7. The molecule has 0 bridgehead atoms. The minimum atomic E-state index is 0.585. The van der Waals surface area contributed by atoms with Crippen LogP contribution in [0.15, 0.2) is 43.2 Å². The van der Waals surface area contributed by atoms with E-state index in [1.165, 1.54) is 0 Å². The number of methoxy groups -OCH3 is 2. The number of pyridine rings is 1. The number of H-pyrrole nitrogens is 1. The van der Waals surface area contributed by atoms with Crippen LogP contribution in [0.25, 0.3) is 10.9 Å². The molecule has 24 heavy (non-hydrogen) atoms. The van der Waals surface area contributed by atoms with Gasteiger partial charge in [-0.2, -0.15) is 5.10 Å². The fourth-order valence-electron chi connectivity index (χ4n) is 2.62. The van der Waals surface area contributed by atoms with E-state index in [2.05, 4.69) is 27.1 Å². The third kappa shape index (κ3) is 3.03. The Morgan fingerprint density at radius 3 is 2.83 bits per heavy atom. The highest BCUT2D eigenvalue weighted by Crippen LogP contribution is 2.27. The van der Waals surface area contributed by atoms with Crippen molar-refractivity contribution in [1.29, 1.82) is 0 Å². The van der Waals surface area contributed by atoms with E-state index in [0.29, 0.717) is 6.54 Å². The Labute approximate surface area is 140 Å². The minimum Gasteiger partial charge on any atom is -0.497 e. The van der Waals surface area contributed by atoms with E-state index >= 15 is 0 Å². The van der Waals surface area contributed by atoms with Gasteiger partial charge in [-0.15, -0.1) is 6.58 Å². The van der Waals surface area contributed by atoms with Crippen molar-refractivity contribution in [2.75, 3.05) is 19.5 Å². The van der Waals surface area contributed by atoms with Crippen LogP contribution in [0, 0.1) is 0 Å². The molecule has 3 aromatic rings. The van der Waals surface area contributed by atoms with Crippen LogP contribution < -0.4 is 14.8 Å². The van der Waals surface area contributed by atoms with Gasteiger partial charge in [0.1, 0.15) is 17.3 Å². The number of hydrogen-bond donors (Lipinski definition) is 2. The van der Waals surface area contributed by atoms with Crippen LogP contribution in [0.3, 0.4) is 0 Å². The third-order valence-electron chi connectivity index (χ3n) is 3.87. The van der Waals surface area contributed by atoms with Crippen LogP contribution in [-0.4, -0.2) is 29.4 Å². The highest BCUT2D eigenvalue weighted by molar-refractivity contribution is 5.90. The molecular weight excluding hydrogens is 304 g/mol. The lowest BCUT2D eigenvalue weighted by Crippen LogP contribution is -2.04.